The molecule has 6 nitrogen and oxygen atoms in total. The normalized spacial score (nSPS) is 17.1. The van der Waals surface area contributed by atoms with Crippen LogP contribution >= 0.6 is 23.2 Å². The summed E-state index contributed by atoms with van der Waals surface area (Å²) in [5, 5.41) is 1.11. The highest BCUT2D eigenvalue weighted by molar-refractivity contribution is 6.31. The van der Waals surface area contributed by atoms with Crippen molar-refractivity contribution in [3.8, 4) is 0 Å². The van der Waals surface area contributed by atoms with Gasteiger partial charge in [-0.3, -0.25) is 19.1 Å². The summed E-state index contributed by atoms with van der Waals surface area (Å²) < 4.78 is 1.61. The van der Waals surface area contributed by atoms with Gasteiger partial charge in [-0.1, -0.05) is 11.6 Å². The van der Waals surface area contributed by atoms with Crippen LogP contribution in [0.5, 0.6) is 0 Å². The second kappa shape index (κ2) is 8.01. The summed E-state index contributed by atoms with van der Waals surface area (Å²) in [5.41, 5.74) is -0.0328. The second-order valence-electron chi connectivity index (χ2n) is 8.02. The predicted molar refractivity (Wildman–Crippen MR) is 113 cm³/mol. The predicted octanol–water partition coefficient (Wildman–Crippen LogP) is 3.06. The fourth-order valence-corrected chi connectivity index (χ4v) is 3.88. The minimum absolute atomic E-state index is 0.0561. The third-order valence-electron chi connectivity index (χ3n) is 5.51. The first kappa shape index (κ1) is 21.1. The van der Waals surface area contributed by atoms with Gasteiger partial charge in [-0.25, -0.2) is 4.98 Å². The molecule has 0 saturated carbocycles. The van der Waals surface area contributed by atoms with Crippen LogP contribution in [0.4, 0.5) is 0 Å². The first-order chi connectivity index (χ1) is 13.2. The van der Waals surface area contributed by atoms with E-state index in [0.717, 1.165) is 0 Å². The van der Waals surface area contributed by atoms with Gasteiger partial charge < -0.3 is 4.90 Å². The van der Waals surface area contributed by atoms with Crippen molar-refractivity contribution in [2.45, 2.75) is 26.8 Å². The van der Waals surface area contributed by atoms with Crippen molar-refractivity contribution < 1.29 is 4.79 Å². The van der Waals surface area contributed by atoms with E-state index < -0.39 is 5.41 Å². The molecule has 1 aliphatic heterocycles. The molecule has 1 aliphatic rings. The van der Waals surface area contributed by atoms with Gasteiger partial charge >= 0.3 is 0 Å². The first-order valence-electron chi connectivity index (χ1n) is 9.41. The number of rotatable bonds is 4. The van der Waals surface area contributed by atoms with Crippen molar-refractivity contribution in [1.29, 1.82) is 0 Å². The lowest BCUT2D eigenvalue weighted by Gasteiger charge is -2.40. The standard InChI is InChI=1S/C20H26Cl2N4O2/c1-13(25-7-9-26(10-8-25)19(28)20(2,3)12-21)17-23-16-11-14(22)5-6-15(16)18(27)24(17)4/h5-6,11,13H,7-10,12H2,1-4H3. The Bertz CT molecular complexity index is 949. The van der Waals surface area contributed by atoms with E-state index in [4.69, 9.17) is 28.2 Å². The molecule has 0 spiro atoms. The highest BCUT2D eigenvalue weighted by atomic mass is 35.5. The molecule has 0 bridgehead atoms. The molecule has 1 fully saturated rings. The quantitative estimate of drug-likeness (QED) is 0.707. The number of carbonyl (C=O) groups excluding carboxylic acids is 1. The van der Waals surface area contributed by atoms with Crippen molar-refractivity contribution in [2.24, 2.45) is 12.5 Å². The van der Waals surface area contributed by atoms with E-state index >= 15 is 0 Å². The highest BCUT2D eigenvalue weighted by Crippen LogP contribution is 2.25. The molecular weight excluding hydrogens is 399 g/mol. The van der Waals surface area contributed by atoms with Crippen LogP contribution in [0.2, 0.25) is 5.02 Å². The zero-order valence-electron chi connectivity index (χ0n) is 16.7. The molecule has 1 saturated heterocycles. The molecule has 1 aromatic carbocycles. The van der Waals surface area contributed by atoms with Crippen molar-refractivity contribution in [1.82, 2.24) is 19.4 Å². The topological polar surface area (TPSA) is 58.4 Å². The molecular formula is C20H26Cl2N4O2. The van der Waals surface area contributed by atoms with Crippen LogP contribution in [0.15, 0.2) is 23.0 Å². The number of nitrogens with zero attached hydrogens (tertiary/aromatic N) is 4. The maximum Gasteiger partial charge on any atom is 0.261 e. The Labute approximate surface area is 175 Å². The summed E-state index contributed by atoms with van der Waals surface area (Å²) in [5.74, 6) is 1.08. The van der Waals surface area contributed by atoms with Gasteiger partial charge in [-0.15, -0.1) is 11.6 Å². The fraction of sp³-hybridized carbons (Fsp3) is 0.550. The van der Waals surface area contributed by atoms with Crippen LogP contribution < -0.4 is 5.56 Å². The third-order valence-corrected chi connectivity index (χ3v) is 6.41. The number of benzene rings is 1. The van der Waals surface area contributed by atoms with Crippen LogP contribution in [-0.2, 0) is 11.8 Å². The Morgan fingerprint density at radius 2 is 1.89 bits per heavy atom. The van der Waals surface area contributed by atoms with Gasteiger partial charge in [0.2, 0.25) is 5.91 Å². The molecule has 1 atom stereocenters. The van der Waals surface area contributed by atoms with E-state index in [0.29, 0.717) is 53.8 Å². The summed E-state index contributed by atoms with van der Waals surface area (Å²) in [4.78, 5) is 34.2. The van der Waals surface area contributed by atoms with Gasteiger partial charge in [0.15, 0.2) is 0 Å². The lowest BCUT2D eigenvalue weighted by atomic mass is 9.94. The van der Waals surface area contributed by atoms with E-state index in [2.05, 4.69) is 4.90 Å². The molecule has 3 rings (SSSR count). The van der Waals surface area contributed by atoms with E-state index in [-0.39, 0.29) is 17.5 Å². The molecule has 152 valence electrons. The Balaban J connectivity index is 1.80. The lowest BCUT2D eigenvalue weighted by molar-refractivity contribution is -0.141. The van der Waals surface area contributed by atoms with E-state index in [1.54, 1.807) is 29.8 Å². The number of hydrogen-bond donors (Lipinski definition) is 0. The molecule has 1 unspecified atom stereocenters. The second-order valence-corrected chi connectivity index (χ2v) is 8.72. The average molecular weight is 425 g/mol. The Kier molecular flexibility index (Phi) is 6.03. The van der Waals surface area contributed by atoms with Crippen LogP contribution in [0.25, 0.3) is 10.9 Å². The highest BCUT2D eigenvalue weighted by Gasteiger charge is 2.34. The van der Waals surface area contributed by atoms with Crippen LogP contribution in [-0.4, -0.2) is 57.3 Å². The number of amides is 1. The number of carbonyl (C=O) groups is 1. The molecule has 2 heterocycles. The minimum Gasteiger partial charge on any atom is -0.340 e. The van der Waals surface area contributed by atoms with Gasteiger partial charge in [0.05, 0.1) is 22.4 Å². The minimum atomic E-state index is -0.557. The first-order valence-corrected chi connectivity index (χ1v) is 10.3. The fourth-order valence-electron chi connectivity index (χ4n) is 3.60. The van der Waals surface area contributed by atoms with Crippen molar-refractivity contribution in [3.05, 3.63) is 39.4 Å². The number of aromatic nitrogens is 2. The molecule has 0 radical (unpaired) electrons. The lowest BCUT2D eigenvalue weighted by Crippen LogP contribution is -2.53. The van der Waals surface area contributed by atoms with Gasteiger partial charge in [0, 0.05) is 44.1 Å². The van der Waals surface area contributed by atoms with Gasteiger partial charge in [0.1, 0.15) is 5.82 Å². The molecule has 1 aromatic heterocycles. The van der Waals surface area contributed by atoms with Crippen LogP contribution in [0, 0.1) is 5.41 Å². The number of piperazine rings is 1. The molecule has 8 heteroatoms. The van der Waals surface area contributed by atoms with E-state index in [1.807, 2.05) is 25.7 Å². The monoisotopic (exact) mass is 424 g/mol. The van der Waals surface area contributed by atoms with Gasteiger partial charge in [0.25, 0.3) is 5.56 Å². The largest absolute Gasteiger partial charge is 0.340 e. The summed E-state index contributed by atoms with van der Waals surface area (Å²) in [7, 11) is 1.75. The summed E-state index contributed by atoms with van der Waals surface area (Å²) in [6, 6.07) is 5.08. The SMILES string of the molecule is CC(c1nc2cc(Cl)ccc2c(=O)n1C)N1CCN(C(=O)C(C)(C)CCl)CC1. The Morgan fingerprint density at radius 1 is 1.25 bits per heavy atom. The number of hydrogen-bond acceptors (Lipinski definition) is 4. The zero-order chi connectivity index (χ0) is 20.6. The van der Waals surface area contributed by atoms with Gasteiger partial charge in [-0.2, -0.15) is 0 Å². The van der Waals surface area contributed by atoms with Crippen LogP contribution in [0.3, 0.4) is 0 Å². The maximum atomic E-state index is 12.7. The summed E-state index contributed by atoms with van der Waals surface area (Å²) in [6.45, 7) is 8.49. The third kappa shape index (κ3) is 3.91. The number of fused-ring (bicyclic) bond motifs is 1. The smallest absolute Gasteiger partial charge is 0.261 e. The maximum absolute atomic E-state index is 12.7. The molecule has 1 amide bonds. The molecule has 0 N–H and O–H groups in total. The van der Waals surface area contributed by atoms with E-state index in [1.165, 1.54) is 0 Å². The van der Waals surface area contributed by atoms with Crippen molar-refractivity contribution in [3.63, 3.8) is 0 Å². The summed E-state index contributed by atoms with van der Waals surface area (Å²) in [6.07, 6.45) is 0. The Hall–Kier alpha value is -1.63. The van der Waals surface area contributed by atoms with Crippen molar-refractivity contribution >= 4 is 40.0 Å². The number of halogens is 2. The van der Waals surface area contributed by atoms with Gasteiger partial charge in [-0.05, 0) is 39.0 Å². The summed E-state index contributed by atoms with van der Waals surface area (Å²) >= 11 is 12.0. The molecule has 0 aliphatic carbocycles. The van der Waals surface area contributed by atoms with E-state index in [9.17, 15) is 9.59 Å². The van der Waals surface area contributed by atoms with Crippen molar-refractivity contribution in [2.75, 3.05) is 32.1 Å². The molecule has 28 heavy (non-hydrogen) atoms. The zero-order valence-corrected chi connectivity index (χ0v) is 18.2. The molecule has 2 aromatic rings. The number of alkyl halides is 1. The average Bonchev–Trinajstić information content (AvgIpc) is 2.69. The Morgan fingerprint density at radius 3 is 2.50 bits per heavy atom. The van der Waals surface area contributed by atoms with Crippen LogP contribution in [0.1, 0.15) is 32.6 Å².